The van der Waals surface area contributed by atoms with Crippen LogP contribution in [0.25, 0.3) is 0 Å². The zero-order chi connectivity index (χ0) is 26.3. The van der Waals surface area contributed by atoms with Crippen molar-refractivity contribution in [3.8, 4) is 11.5 Å². The van der Waals surface area contributed by atoms with Crippen molar-refractivity contribution in [1.29, 1.82) is 0 Å². The standard InChI is InChI=1S/C26H35N3O6S/c1-5-22(26(31)27-15-19(3)4)28(16-20-10-8-7-9-11-20)25(30)17-29(36(32,33)6-2)21-12-13-23-24(14-21)35-18-34-23/h7-14,19,22H,5-6,15-18H2,1-4H3,(H,27,31)/t22-/m1/s1. The van der Waals surface area contributed by atoms with Gasteiger partial charge in [-0.3, -0.25) is 13.9 Å². The number of hydrogen-bond donors (Lipinski definition) is 1. The average Bonchev–Trinajstić information content (AvgIpc) is 3.34. The molecule has 0 fully saturated rings. The van der Waals surface area contributed by atoms with Gasteiger partial charge in [0.25, 0.3) is 0 Å². The van der Waals surface area contributed by atoms with Crippen LogP contribution in [0.4, 0.5) is 5.69 Å². The van der Waals surface area contributed by atoms with Crippen LogP contribution in [0.3, 0.4) is 0 Å². The first kappa shape index (κ1) is 27.3. The number of nitrogens with zero attached hydrogens (tertiary/aromatic N) is 2. The molecule has 0 spiro atoms. The van der Waals surface area contributed by atoms with Crippen LogP contribution in [0, 0.1) is 5.92 Å². The fourth-order valence-corrected chi connectivity index (χ4v) is 4.94. The lowest BCUT2D eigenvalue weighted by Crippen LogP contribution is -2.52. The van der Waals surface area contributed by atoms with E-state index in [0.717, 1.165) is 9.87 Å². The van der Waals surface area contributed by atoms with E-state index in [2.05, 4.69) is 5.32 Å². The Morgan fingerprint density at radius 1 is 1.03 bits per heavy atom. The first-order valence-corrected chi connectivity index (χ1v) is 13.8. The van der Waals surface area contributed by atoms with Gasteiger partial charge in [-0.15, -0.1) is 0 Å². The largest absolute Gasteiger partial charge is 0.454 e. The highest BCUT2D eigenvalue weighted by molar-refractivity contribution is 7.92. The monoisotopic (exact) mass is 517 g/mol. The second-order valence-corrected chi connectivity index (χ2v) is 11.2. The molecule has 2 aromatic rings. The molecule has 10 heteroatoms. The summed E-state index contributed by atoms with van der Waals surface area (Å²) in [6.45, 7) is 7.60. The summed E-state index contributed by atoms with van der Waals surface area (Å²) in [5.74, 6) is 0.248. The number of ether oxygens (including phenoxy) is 2. The highest BCUT2D eigenvalue weighted by atomic mass is 32.2. The summed E-state index contributed by atoms with van der Waals surface area (Å²) in [6, 6.07) is 13.3. The molecule has 0 saturated heterocycles. The Balaban J connectivity index is 1.94. The Morgan fingerprint density at radius 2 is 1.72 bits per heavy atom. The average molecular weight is 518 g/mol. The molecule has 3 rings (SSSR count). The highest BCUT2D eigenvalue weighted by Crippen LogP contribution is 2.36. The second-order valence-electron chi connectivity index (χ2n) is 9.02. The van der Waals surface area contributed by atoms with Crippen molar-refractivity contribution >= 4 is 27.5 Å². The first-order valence-electron chi connectivity index (χ1n) is 12.2. The van der Waals surface area contributed by atoms with E-state index >= 15 is 0 Å². The van der Waals surface area contributed by atoms with E-state index in [4.69, 9.17) is 9.47 Å². The normalized spacial score (nSPS) is 13.4. The van der Waals surface area contributed by atoms with Crippen LogP contribution >= 0.6 is 0 Å². The summed E-state index contributed by atoms with van der Waals surface area (Å²) >= 11 is 0. The molecule has 1 N–H and O–H groups in total. The van der Waals surface area contributed by atoms with Crippen molar-refractivity contribution in [2.75, 3.05) is 29.9 Å². The van der Waals surface area contributed by atoms with E-state index in [0.29, 0.717) is 30.2 Å². The minimum atomic E-state index is -3.82. The molecule has 0 aliphatic carbocycles. The van der Waals surface area contributed by atoms with Gasteiger partial charge in [0, 0.05) is 19.2 Å². The van der Waals surface area contributed by atoms with Crippen molar-refractivity contribution in [2.45, 2.75) is 46.7 Å². The van der Waals surface area contributed by atoms with Gasteiger partial charge in [-0.2, -0.15) is 0 Å². The van der Waals surface area contributed by atoms with Gasteiger partial charge < -0.3 is 19.7 Å². The Kier molecular flexibility index (Phi) is 9.19. The topological polar surface area (TPSA) is 105 Å². The fourth-order valence-electron chi connectivity index (χ4n) is 3.88. The second kappa shape index (κ2) is 12.1. The van der Waals surface area contributed by atoms with Gasteiger partial charge in [-0.05, 0) is 37.0 Å². The number of carbonyl (C=O) groups is 2. The molecule has 0 unspecified atom stereocenters. The molecule has 0 radical (unpaired) electrons. The molecule has 2 aromatic carbocycles. The maximum Gasteiger partial charge on any atom is 0.244 e. The lowest BCUT2D eigenvalue weighted by molar-refractivity contribution is -0.140. The number of nitrogens with one attached hydrogen (secondary N) is 1. The molecular weight excluding hydrogens is 482 g/mol. The Hall–Kier alpha value is -3.27. The molecule has 196 valence electrons. The number of amides is 2. The highest BCUT2D eigenvalue weighted by Gasteiger charge is 2.33. The summed E-state index contributed by atoms with van der Waals surface area (Å²) in [4.78, 5) is 28.3. The van der Waals surface area contributed by atoms with E-state index < -0.39 is 28.5 Å². The third-order valence-electron chi connectivity index (χ3n) is 5.89. The Bertz CT molecular complexity index is 1150. The maximum atomic E-state index is 13.8. The molecule has 0 bridgehead atoms. The molecule has 0 aromatic heterocycles. The Labute approximate surface area is 213 Å². The number of rotatable bonds is 12. The number of carbonyl (C=O) groups excluding carboxylic acids is 2. The number of hydrogen-bond acceptors (Lipinski definition) is 6. The van der Waals surface area contributed by atoms with Crippen molar-refractivity contribution in [3.05, 3.63) is 54.1 Å². The molecule has 1 aliphatic rings. The van der Waals surface area contributed by atoms with E-state index in [1.54, 1.807) is 18.2 Å². The van der Waals surface area contributed by atoms with Crippen molar-refractivity contribution < 1.29 is 27.5 Å². The van der Waals surface area contributed by atoms with Gasteiger partial charge >= 0.3 is 0 Å². The SMILES string of the molecule is CC[C@H](C(=O)NCC(C)C)N(Cc1ccccc1)C(=O)CN(c1ccc2c(c1)OCO2)S(=O)(=O)CC. The van der Waals surface area contributed by atoms with Crippen LogP contribution in [0.5, 0.6) is 11.5 Å². The van der Waals surface area contributed by atoms with E-state index in [1.807, 2.05) is 51.1 Å². The molecule has 0 saturated carbocycles. The van der Waals surface area contributed by atoms with Gasteiger partial charge in [-0.1, -0.05) is 51.1 Å². The van der Waals surface area contributed by atoms with E-state index in [1.165, 1.54) is 11.8 Å². The molecule has 2 amide bonds. The van der Waals surface area contributed by atoms with Crippen molar-refractivity contribution in [3.63, 3.8) is 0 Å². The fraction of sp³-hybridized carbons (Fsp3) is 0.462. The van der Waals surface area contributed by atoms with Gasteiger partial charge in [0.15, 0.2) is 11.5 Å². The number of sulfonamides is 1. The number of anilines is 1. The zero-order valence-corrected chi connectivity index (χ0v) is 22.1. The van der Waals surface area contributed by atoms with Crippen molar-refractivity contribution in [1.82, 2.24) is 10.2 Å². The minimum Gasteiger partial charge on any atom is -0.454 e. The summed E-state index contributed by atoms with van der Waals surface area (Å²) in [7, 11) is -3.82. The minimum absolute atomic E-state index is 0.0484. The van der Waals surface area contributed by atoms with Crippen LogP contribution in [-0.2, 0) is 26.2 Å². The summed E-state index contributed by atoms with van der Waals surface area (Å²) in [6.07, 6.45) is 0.382. The zero-order valence-electron chi connectivity index (χ0n) is 21.3. The summed E-state index contributed by atoms with van der Waals surface area (Å²) in [5, 5.41) is 2.91. The Morgan fingerprint density at radius 3 is 2.36 bits per heavy atom. The van der Waals surface area contributed by atoms with Gasteiger partial charge in [0.2, 0.25) is 28.6 Å². The van der Waals surface area contributed by atoms with Crippen LogP contribution in [0.15, 0.2) is 48.5 Å². The quantitative estimate of drug-likeness (QED) is 0.464. The molecule has 1 heterocycles. The predicted molar refractivity (Wildman–Crippen MR) is 138 cm³/mol. The molecule has 9 nitrogen and oxygen atoms in total. The summed E-state index contributed by atoms with van der Waals surface area (Å²) in [5.41, 5.74) is 1.14. The molecule has 36 heavy (non-hydrogen) atoms. The van der Waals surface area contributed by atoms with Gasteiger partial charge in [0.1, 0.15) is 12.6 Å². The molecule has 1 atom stereocenters. The third-order valence-corrected chi connectivity index (χ3v) is 7.63. The third kappa shape index (κ3) is 6.69. The van der Waals surface area contributed by atoms with Crippen LogP contribution in [0.1, 0.15) is 39.7 Å². The summed E-state index contributed by atoms with van der Waals surface area (Å²) < 4.78 is 38.0. The number of benzene rings is 2. The van der Waals surface area contributed by atoms with Crippen molar-refractivity contribution in [2.24, 2.45) is 5.92 Å². The van der Waals surface area contributed by atoms with Crippen LogP contribution < -0.4 is 19.1 Å². The maximum absolute atomic E-state index is 13.8. The first-order chi connectivity index (χ1) is 17.2. The van der Waals surface area contributed by atoms with Gasteiger partial charge in [0.05, 0.1) is 11.4 Å². The van der Waals surface area contributed by atoms with E-state index in [-0.39, 0.29) is 30.9 Å². The smallest absolute Gasteiger partial charge is 0.244 e. The molecule has 1 aliphatic heterocycles. The lowest BCUT2D eigenvalue weighted by atomic mass is 10.1. The number of fused-ring (bicyclic) bond motifs is 1. The van der Waals surface area contributed by atoms with Crippen LogP contribution in [-0.4, -0.2) is 56.8 Å². The van der Waals surface area contributed by atoms with Gasteiger partial charge in [-0.25, -0.2) is 8.42 Å². The van der Waals surface area contributed by atoms with E-state index in [9.17, 15) is 18.0 Å². The van der Waals surface area contributed by atoms with Crippen LogP contribution in [0.2, 0.25) is 0 Å². The predicted octanol–water partition coefficient (Wildman–Crippen LogP) is 3.15. The lowest BCUT2D eigenvalue weighted by Gasteiger charge is -2.33. The molecular formula is C26H35N3O6S.